The highest BCUT2D eigenvalue weighted by atomic mass is 35.5. The summed E-state index contributed by atoms with van der Waals surface area (Å²) < 4.78 is 22.0. The van der Waals surface area contributed by atoms with Gasteiger partial charge in [0.05, 0.1) is 11.8 Å². The third-order valence-corrected chi connectivity index (χ3v) is 3.89. The molecule has 1 unspecified atom stereocenters. The molecule has 0 aliphatic carbocycles. The number of rotatable bonds is 6. The molecule has 0 spiro atoms. The molecule has 5 nitrogen and oxygen atoms in total. The highest BCUT2D eigenvalue weighted by Gasteiger charge is 2.15. The van der Waals surface area contributed by atoms with Crippen molar-refractivity contribution in [2.75, 3.05) is 12.0 Å². The third kappa shape index (κ3) is 6.04. The van der Waals surface area contributed by atoms with Gasteiger partial charge < -0.3 is 11.1 Å². The lowest BCUT2D eigenvalue weighted by atomic mass is 10.2. The van der Waals surface area contributed by atoms with E-state index in [1.807, 2.05) is 6.07 Å². The Hall–Kier alpha value is -1.11. The Kier molecular flexibility index (Phi) is 5.78. The molecule has 0 saturated carbocycles. The molecule has 1 atom stereocenters. The van der Waals surface area contributed by atoms with Crippen LogP contribution in [0.2, 0.25) is 5.02 Å². The predicted molar refractivity (Wildman–Crippen MR) is 75.6 cm³/mol. The number of nitrogens with one attached hydrogen (secondary N) is 1. The van der Waals surface area contributed by atoms with E-state index in [-0.39, 0.29) is 24.6 Å². The second kappa shape index (κ2) is 6.88. The average molecular weight is 305 g/mol. The van der Waals surface area contributed by atoms with Gasteiger partial charge in [0.15, 0.2) is 0 Å². The molecule has 3 N–H and O–H groups in total. The SMILES string of the molecule is CS(=O)(=O)CCC(N)C(=O)NCc1ccccc1Cl. The van der Waals surface area contributed by atoms with E-state index < -0.39 is 15.9 Å². The Morgan fingerprint density at radius 3 is 2.63 bits per heavy atom. The minimum Gasteiger partial charge on any atom is -0.351 e. The molecule has 106 valence electrons. The monoisotopic (exact) mass is 304 g/mol. The first-order chi connectivity index (χ1) is 8.79. The summed E-state index contributed by atoms with van der Waals surface area (Å²) in [5, 5.41) is 3.20. The van der Waals surface area contributed by atoms with Gasteiger partial charge in [0.1, 0.15) is 9.84 Å². The third-order valence-electron chi connectivity index (χ3n) is 2.55. The van der Waals surface area contributed by atoms with Crippen molar-refractivity contribution in [1.82, 2.24) is 5.32 Å². The van der Waals surface area contributed by atoms with Gasteiger partial charge in [-0.25, -0.2) is 8.42 Å². The van der Waals surface area contributed by atoms with Gasteiger partial charge in [-0.3, -0.25) is 4.79 Å². The van der Waals surface area contributed by atoms with Crippen LogP contribution in [0, 0.1) is 0 Å². The minimum atomic E-state index is -3.11. The van der Waals surface area contributed by atoms with Crippen molar-refractivity contribution in [1.29, 1.82) is 0 Å². The molecule has 0 saturated heterocycles. The Balaban J connectivity index is 2.45. The number of carbonyl (C=O) groups is 1. The van der Waals surface area contributed by atoms with Gasteiger partial charge in [-0.15, -0.1) is 0 Å². The first-order valence-electron chi connectivity index (χ1n) is 5.74. The summed E-state index contributed by atoms with van der Waals surface area (Å²) >= 11 is 5.95. The molecule has 0 aromatic heterocycles. The Bertz CT molecular complexity index is 546. The molecule has 0 heterocycles. The number of nitrogens with two attached hydrogens (primary N) is 1. The first kappa shape index (κ1) is 15.9. The first-order valence-corrected chi connectivity index (χ1v) is 8.18. The summed E-state index contributed by atoms with van der Waals surface area (Å²) in [5.74, 6) is -0.489. The van der Waals surface area contributed by atoms with Crippen LogP contribution in [-0.4, -0.2) is 32.4 Å². The zero-order valence-corrected chi connectivity index (χ0v) is 12.2. The molecule has 1 aromatic carbocycles. The molecule has 0 bridgehead atoms. The smallest absolute Gasteiger partial charge is 0.237 e. The van der Waals surface area contributed by atoms with E-state index in [0.717, 1.165) is 11.8 Å². The van der Waals surface area contributed by atoms with Gasteiger partial charge in [0.25, 0.3) is 0 Å². The molecule has 1 rings (SSSR count). The van der Waals surface area contributed by atoms with E-state index in [9.17, 15) is 13.2 Å². The Labute approximate surface area is 118 Å². The summed E-state index contributed by atoms with van der Waals surface area (Å²) in [7, 11) is -3.11. The van der Waals surface area contributed by atoms with Crippen LogP contribution in [0.15, 0.2) is 24.3 Å². The van der Waals surface area contributed by atoms with Crippen molar-refractivity contribution in [3.63, 3.8) is 0 Å². The number of hydrogen-bond acceptors (Lipinski definition) is 4. The second-order valence-electron chi connectivity index (χ2n) is 4.33. The molecule has 0 aliphatic heterocycles. The van der Waals surface area contributed by atoms with Crippen molar-refractivity contribution in [2.24, 2.45) is 5.73 Å². The van der Waals surface area contributed by atoms with Crippen molar-refractivity contribution >= 4 is 27.3 Å². The highest BCUT2D eigenvalue weighted by Crippen LogP contribution is 2.14. The van der Waals surface area contributed by atoms with E-state index >= 15 is 0 Å². The molecule has 1 aromatic rings. The molecule has 0 aliphatic rings. The highest BCUT2D eigenvalue weighted by molar-refractivity contribution is 7.90. The number of carbonyl (C=O) groups excluding carboxylic acids is 1. The minimum absolute atomic E-state index is 0.103. The van der Waals surface area contributed by atoms with Gasteiger partial charge in [-0.1, -0.05) is 29.8 Å². The lowest BCUT2D eigenvalue weighted by molar-refractivity contribution is -0.122. The van der Waals surface area contributed by atoms with Crippen molar-refractivity contribution in [3.8, 4) is 0 Å². The molecule has 0 radical (unpaired) electrons. The maximum atomic E-state index is 11.7. The van der Waals surface area contributed by atoms with E-state index in [2.05, 4.69) is 5.32 Å². The largest absolute Gasteiger partial charge is 0.351 e. The van der Waals surface area contributed by atoms with Gasteiger partial charge in [-0.05, 0) is 18.1 Å². The molecular formula is C12H17ClN2O3S. The van der Waals surface area contributed by atoms with Crippen LogP contribution >= 0.6 is 11.6 Å². The van der Waals surface area contributed by atoms with Crippen molar-refractivity contribution < 1.29 is 13.2 Å². The van der Waals surface area contributed by atoms with Crippen molar-refractivity contribution in [3.05, 3.63) is 34.9 Å². The van der Waals surface area contributed by atoms with Crippen LogP contribution in [0.4, 0.5) is 0 Å². The summed E-state index contributed by atoms with van der Waals surface area (Å²) in [4.78, 5) is 11.7. The summed E-state index contributed by atoms with van der Waals surface area (Å²) in [6, 6.07) is 6.30. The number of sulfone groups is 1. The predicted octanol–water partition coefficient (Wildman–Crippen LogP) is 0.718. The quantitative estimate of drug-likeness (QED) is 0.810. The number of halogens is 1. The number of hydrogen-bond donors (Lipinski definition) is 2. The maximum Gasteiger partial charge on any atom is 0.237 e. The van der Waals surface area contributed by atoms with Crippen LogP contribution in [0.25, 0.3) is 0 Å². The lowest BCUT2D eigenvalue weighted by Gasteiger charge is -2.12. The standard InChI is InChI=1S/C12H17ClN2O3S/c1-19(17,18)7-6-11(14)12(16)15-8-9-4-2-3-5-10(9)13/h2-5,11H,6-8,14H2,1H3,(H,15,16). The van der Waals surface area contributed by atoms with Crippen LogP contribution < -0.4 is 11.1 Å². The van der Waals surface area contributed by atoms with Crippen LogP contribution in [0.3, 0.4) is 0 Å². The molecule has 7 heteroatoms. The summed E-state index contributed by atoms with van der Waals surface area (Å²) in [6.07, 6.45) is 1.22. The second-order valence-corrected chi connectivity index (χ2v) is 7.00. The van der Waals surface area contributed by atoms with E-state index in [1.54, 1.807) is 18.2 Å². The van der Waals surface area contributed by atoms with E-state index in [0.29, 0.717) is 5.02 Å². The molecule has 1 amide bonds. The fourth-order valence-electron chi connectivity index (χ4n) is 1.43. The van der Waals surface area contributed by atoms with Gasteiger partial charge >= 0.3 is 0 Å². The number of amides is 1. The fraction of sp³-hybridized carbons (Fsp3) is 0.417. The normalized spacial score (nSPS) is 13.0. The van der Waals surface area contributed by atoms with Crippen molar-refractivity contribution in [2.45, 2.75) is 19.0 Å². The summed E-state index contributed by atoms with van der Waals surface area (Å²) in [6.45, 7) is 0.269. The van der Waals surface area contributed by atoms with Gasteiger partial charge in [0.2, 0.25) is 5.91 Å². The molecule has 19 heavy (non-hydrogen) atoms. The Morgan fingerprint density at radius 2 is 2.05 bits per heavy atom. The van der Waals surface area contributed by atoms with Gasteiger partial charge in [0, 0.05) is 17.8 Å². The van der Waals surface area contributed by atoms with E-state index in [4.69, 9.17) is 17.3 Å². The average Bonchev–Trinajstić information content (AvgIpc) is 2.33. The van der Waals surface area contributed by atoms with Gasteiger partial charge in [-0.2, -0.15) is 0 Å². The zero-order chi connectivity index (χ0) is 14.5. The zero-order valence-electron chi connectivity index (χ0n) is 10.6. The number of benzene rings is 1. The molecular weight excluding hydrogens is 288 g/mol. The maximum absolute atomic E-state index is 11.7. The van der Waals surface area contributed by atoms with Crippen LogP contribution in [0.5, 0.6) is 0 Å². The molecule has 0 fully saturated rings. The topological polar surface area (TPSA) is 89.3 Å². The Morgan fingerprint density at radius 1 is 1.42 bits per heavy atom. The van der Waals surface area contributed by atoms with Crippen LogP contribution in [-0.2, 0) is 21.2 Å². The fourth-order valence-corrected chi connectivity index (χ4v) is 2.31. The summed E-state index contributed by atoms with van der Waals surface area (Å²) in [5.41, 5.74) is 6.40. The lowest BCUT2D eigenvalue weighted by Crippen LogP contribution is -2.41. The van der Waals surface area contributed by atoms with E-state index in [1.165, 1.54) is 0 Å². The van der Waals surface area contributed by atoms with Crippen LogP contribution in [0.1, 0.15) is 12.0 Å².